The molecule has 1 rings (SSSR count). The molecular weight excluding hydrogens is 410 g/mol. The standard InChI is InChI=1S/C20H31N3O6S/c1-2-3-4-5-6-9-15-30(28,29)23-17-12-8-7-11-16(17)18(24)19(25)21-13-10-14-22-20(26)27/h7-8,11-12,22-23H,2-6,9-10,13-15H2,1H3,(H,21,25)(H,26,27). The van der Waals surface area contributed by atoms with Gasteiger partial charge in [-0.2, -0.15) is 0 Å². The summed E-state index contributed by atoms with van der Waals surface area (Å²) in [6.45, 7) is 2.36. The third-order valence-electron chi connectivity index (χ3n) is 4.33. The molecule has 1 aromatic carbocycles. The van der Waals surface area contributed by atoms with Crippen molar-refractivity contribution in [1.82, 2.24) is 10.6 Å². The second-order valence-corrected chi connectivity index (χ2v) is 8.75. The van der Waals surface area contributed by atoms with Crippen molar-refractivity contribution in [2.45, 2.75) is 51.9 Å². The van der Waals surface area contributed by atoms with E-state index in [2.05, 4.69) is 22.3 Å². The Balaban J connectivity index is 2.60. The Morgan fingerprint density at radius 2 is 1.53 bits per heavy atom. The van der Waals surface area contributed by atoms with E-state index in [4.69, 9.17) is 5.11 Å². The fourth-order valence-corrected chi connectivity index (χ4v) is 3.95. The molecule has 30 heavy (non-hydrogen) atoms. The highest BCUT2D eigenvalue weighted by Gasteiger charge is 2.21. The summed E-state index contributed by atoms with van der Waals surface area (Å²) in [5.74, 6) is -1.79. The molecule has 0 heterocycles. The Kier molecular flexibility index (Phi) is 11.5. The fraction of sp³-hybridized carbons (Fsp3) is 0.550. The van der Waals surface area contributed by atoms with E-state index in [1.165, 1.54) is 12.1 Å². The number of nitrogens with one attached hydrogen (secondary N) is 3. The summed E-state index contributed by atoms with van der Waals surface area (Å²) in [6, 6.07) is 5.95. The van der Waals surface area contributed by atoms with Crippen molar-refractivity contribution >= 4 is 33.5 Å². The molecule has 168 valence electrons. The molecule has 9 nitrogen and oxygen atoms in total. The van der Waals surface area contributed by atoms with Gasteiger partial charge in [0.05, 0.1) is 17.0 Å². The van der Waals surface area contributed by atoms with E-state index in [1.807, 2.05) is 0 Å². The summed E-state index contributed by atoms with van der Waals surface area (Å²) in [5, 5.41) is 13.0. The lowest BCUT2D eigenvalue weighted by molar-refractivity contribution is -0.117. The molecule has 0 radical (unpaired) electrons. The minimum Gasteiger partial charge on any atom is -0.465 e. The number of amides is 2. The van der Waals surface area contributed by atoms with Gasteiger partial charge in [-0.3, -0.25) is 14.3 Å². The Morgan fingerprint density at radius 1 is 0.900 bits per heavy atom. The van der Waals surface area contributed by atoms with E-state index in [0.717, 1.165) is 32.1 Å². The Labute approximate surface area is 177 Å². The molecule has 0 saturated heterocycles. The first-order valence-corrected chi connectivity index (χ1v) is 11.8. The van der Waals surface area contributed by atoms with Gasteiger partial charge in [0.25, 0.3) is 11.7 Å². The summed E-state index contributed by atoms with van der Waals surface area (Å²) >= 11 is 0. The maximum atomic E-state index is 12.4. The van der Waals surface area contributed by atoms with Gasteiger partial charge >= 0.3 is 6.09 Å². The summed E-state index contributed by atoms with van der Waals surface area (Å²) < 4.78 is 27.1. The first kappa shape index (κ1) is 25.4. The number of rotatable bonds is 15. The van der Waals surface area contributed by atoms with Crippen LogP contribution >= 0.6 is 0 Å². The van der Waals surface area contributed by atoms with Crippen LogP contribution in [-0.4, -0.2) is 50.2 Å². The first-order chi connectivity index (χ1) is 14.3. The van der Waals surface area contributed by atoms with Crippen LogP contribution in [0.5, 0.6) is 0 Å². The van der Waals surface area contributed by atoms with Crippen molar-refractivity contribution < 1.29 is 27.9 Å². The van der Waals surface area contributed by atoms with E-state index < -0.39 is 27.8 Å². The lowest BCUT2D eigenvalue weighted by atomic mass is 10.1. The molecule has 0 spiro atoms. The number of Topliss-reactive ketones (excluding diaryl/α,β-unsaturated/α-hetero) is 1. The summed E-state index contributed by atoms with van der Waals surface area (Å²) in [4.78, 5) is 34.9. The number of unbranched alkanes of at least 4 members (excludes halogenated alkanes) is 5. The topological polar surface area (TPSA) is 142 Å². The normalized spacial score (nSPS) is 11.0. The Morgan fingerprint density at radius 3 is 2.23 bits per heavy atom. The molecule has 0 bridgehead atoms. The number of carboxylic acid groups (broad SMARTS) is 1. The van der Waals surface area contributed by atoms with Crippen LogP contribution in [0.25, 0.3) is 0 Å². The van der Waals surface area contributed by atoms with Crippen LogP contribution in [0, 0.1) is 0 Å². The van der Waals surface area contributed by atoms with Gasteiger partial charge in [-0.25, -0.2) is 13.2 Å². The maximum Gasteiger partial charge on any atom is 0.404 e. The molecule has 0 atom stereocenters. The van der Waals surface area contributed by atoms with Crippen molar-refractivity contribution in [3.8, 4) is 0 Å². The lowest BCUT2D eigenvalue weighted by Crippen LogP contribution is -2.34. The molecule has 10 heteroatoms. The number of benzene rings is 1. The third kappa shape index (κ3) is 10.2. The van der Waals surface area contributed by atoms with E-state index in [-0.39, 0.29) is 30.1 Å². The van der Waals surface area contributed by atoms with Crippen molar-refractivity contribution in [2.75, 3.05) is 23.6 Å². The van der Waals surface area contributed by atoms with Gasteiger partial charge in [-0.05, 0) is 25.0 Å². The van der Waals surface area contributed by atoms with E-state index in [0.29, 0.717) is 12.8 Å². The predicted molar refractivity (Wildman–Crippen MR) is 115 cm³/mol. The first-order valence-electron chi connectivity index (χ1n) is 10.2. The van der Waals surface area contributed by atoms with Crippen molar-refractivity contribution in [1.29, 1.82) is 0 Å². The van der Waals surface area contributed by atoms with E-state index in [9.17, 15) is 22.8 Å². The van der Waals surface area contributed by atoms with Crippen LogP contribution in [0.15, 0.2) is 24.3 Å². The second-order valence-electron chi connectivity index (χ2n) is 6.90. The van der Waals surface area contributed by atoms with Crippen LogP contribution in [0.4, 0.5) is 10.5 Å². The zero-order chi connectivity index (χ0) is 22.4. The smallest absolute Gasteiger partial charge is 0.404 e. The summed E-state index contributed by atoms with van der Waals surface area (Å²) in [5.41, 5.74) is 0.0290. The zero-order valence-corrected chi connectivity index (χ0v) is 18.1. The highest BCUT2D eigenvalue weighted by Crippen LogP contribution is 2.18. The number of para-hydroxylation sites is 1. The molecule has 1 aromatic rings. The molecule has 0 aromatic heterocycles. The van der Waals surface area contributed by atoms with E-state index >= 15 is 0 Å². The SMILES string of the molecule is CCCCCCCCS(=O)(=O)Nc1ccccc1C(=O)C(=O)NCCCNC(=O)O. The zero-order valence-electron chi connectivity index (χ0n) is 17.3. The summed E-state index contributed by atoms with van der Waals surface area (Å²) in [7, 11) is -3.64. The molecule has 2 amide bonds. The quantitative estimate of drug-likeness (QED) is 0.187. The van der Waals surface area contributed by atoms with Crippen LogP contribution < -0.4 is 15.4 Å². The average molecular weight is 442 g/mol. The Bertz CT molecular complexity index is 811. The van der Waals surface area contributed by atoms with Crippen LogP contribution in [0.1, 0.15) is 62.2 Å². The molecule has 0 saturated carbocycles. The van der Waals surface area contributed by atoms with Gasteiger partial charge in [0.2, 0.25) is 10.0 Å². The number of hydrogen-bond donors (Lipinski definition) is 4. The van der Waals surface area contributed by atoms with Gasteiger partial charge in [0, 0.05) is 13.1 Å². The molecule has 0 aliphatic rings. The fourth-order valence-electron chi connectivity index (χ4n) is 2.75. The van der Waals surface area contributed by atoms with Gasteiger partial charge in [-0.15, -0.1) is 0 Å². The third-order valence-corrected chi connectivity index (χ3v) is 5.68. The van der Waals surface area contributed by atoms with E-state index in [1.54, 1.807) is 12.1 Å². The number of carbonyl (C=O) groups excluding carboxylic acids is 2. The number of ketones is 1. The minimum absolute atomic E-state index is 0.0369. The molecular formula is C20H31N3O6S. The van der Waals surface area contributed by atoms with Crippen molar-refractivity contribution in [3.05, 3.63) is 29.8 Å². The van der Waals surface area contributed by atoms with Crippen LogP contribution in [0.2, 0.25) is 0 Å². The molecule has 0 aliphatic heterocycles. The largest absolute Gasteiger partial charge is 0.465 e. The monoisotopic (exact) mass is 441 g/mol. The van der Waals surface area contributed by atoms with Crippen molar-refractivity contribution in [3.63, 3.8) is 0 Å². The number of anilines is 1. The molecule has 0 aliphatic carbocycles. The molecule has 4 N–H and O–H groups in total. The Hall–Kier alpha value is -2.62. The number of sulfonamides is 1. The maximum absolute atomic E-state index is 12.4. The van der Waals surface area contributed by atoms with Gasteiger partial charge in [-0.1, -0.05) is 51.2 Å². The van der Waals surface area contributed by atoms with Gasteiger partial charge in [0.1, 0.15) is 0 Å². The number of carbonyl (C=O) groups is 3. The summed E-state index contributed by atoms with van der Waals surface area (Å²) in [6.07, 6.45) is 4.83. The van der Waals surface area contributed by atoms with Gasteiger partial charge < -0.3 is 15.7 Å². The number of hydrogen-bond acceptors (Lipinski definition) is 5. The average Bonchev–Trinajstić information content (AvgIpc) is 2.69. The lowest BCUT2D eigenvalue weighted by Gasteiger charge is -2.12. The van der Waals surface area contributed by atoms with Crippen molar-refractivity contribution in [2.24, 2.45) is 0 Å². The second kappa shape index (κ2) is 13.6. The molecule has 0 fully saturated rings. The van der Waals surface area contributed by atoms with Gasteiger partial charge in [0.15, 0.2) is 0 Å². The molecule has 0 unspecified atom stereocenters. The van der Waals surface area contributed by atoms with Crippen LogP contribution in [0.3, 0.4) is 0 Å². The van der Waals surface area contributed by atoms with Crippen LogP contribution in [-0.2, 0) is 14.8 Å². The minimum atomic E-state index is -3.64. The highest BCUT2D eigenvalue weighted by molar-refractivity contribution is 7.92. The predicted octanol–water partition coefficient (Wildman–Crippen LogP) is 2.75. The highest BCUT2D eigenvalue weighted by atomic mass is 32.2.